The van der Waals surface area contributed by atoms with Gasteiger partial charge < -0.3 is 19.6 Å². The van der Waals surface area contributed by atoms with Crippen molar-refractivity contribution in [3.05, 3.63) is 29.7 Å². The third kappa shape index (κ3) is 3.95. The highest BCUT2D eigenvalue weighted by molar-refractivity contribution is 5.91. The van der Waals surface area contributed by atoms with Crippen molar-refractivity contribution in [1.29, 1.82) is 0 Å². The summed E-state index contributed by atoms with van der Waals surface area (Å²) in [5.41, 5.74) is 0. The molecule has 1 aromatic rings. The summed E-state index contributed by atoms with van der Waals surface area (Å²) >= 11 is 0. The van der Waals surface area contributed by atoms with Crippen LogP contribution in [-0.4, -0.2) is 37.4 Å². The van der Waals surface area contributed by atoms with Gasteiger partial charge in [0.15, 0.2) is 0 Å². The van der Waals surface area contributed by atoms with Crippen LogP contribution in [0.4, 0.5) is 0 Å². The molecule has 3 unspecified atom stereocenters. The van der Waals surface area contributed by atoms with Crippen molar-refractivity contribution in [2.45, 2.75) is 25.3 Å². The van der Waals surface area contributed by atoms with Crippen molar-refractivity contribution in [3.63, 3.8) is 0 Å². The molecular formula is C15H21NO4. The number of ether oxygens (including phenoxy) is 1. The lowest BCUT2D eigenvalue weighted by atomic mass is 10.3. The van der Waals surface area contributed by atoms with Gasteiger partial charge in [0.05, 0.1) is 19.3 Å². The zero-order valence-corrected chi connectivity index (χ0v) is 11.8. The monoisotopic (exact) mass is 279 g/mol. The summed E-state index contributed by atoms with van der Waals surface area (Å²) in [7, 11) is 1.52. The number of amides is 1. The first-order valence-corrected chi connectivity index (χ1v) is 6.82. The van der Waals surface area contributed by atoms with Crippen molar-refractivity contribution in [2.24, 2.45) is 5.92 Å². The van der Waals surface area contributed by atoms with E-state index in [9.17, 15) is 4.79 Å². The average Bonchev–Trinajstić information content (AvgIpc) is 2.99. The van der Waals surface area contributed by atoms with Gasteiger partial charge >= 0.3 is 0 Å². The van der Waals surface area contributed by atoms with E-state index in [4.69, 9.17) is 14.3 Å². The molecule has 1 fully saturated rings. The zero-order valence-electron chi connectivity index (χ0n) is 11.8. The molecular weight excluding hydrogens is 258 g/mol. The molecule has 110 valence electrons. The molecule has 0 aromatic carbocycles. The van der Waals surface area contributed by atoms with Crippen LogP contribution in [0.1, 0.15) is 30.8 Å². The predicted octanol–water partition coefficient (Wildman–Crippen LogP) is 1.54. The molecule has 1 aliphatic carbocycles. The van der Waals surface area contributed by atoms with Crippen LogP contribution in [0.3, 0.4) is 0 Å². The van der Waals surface area contributed by atoms with Gasteiger partial charge in [-0.2, -0.15) is 0 Å². The highest BCUT2D eigenvalue weighted by Crippen LogP contribution is 2.47. The number of rotatable bonds is 7. The zero-order chi connectivity index (χ0) is 14.5. The van der Waals surface area contributed by atoms with E-state index in [2.05, 4.69) is 12.2 Å². The van der Waals surface area contributed by atoms with E-state index in [-0.39, 0.29) is 19.1 Å². The van der Waals surface area contributed by atoms with E-state index in [1.54, 1.807) is 6.08 Å². The fourth-order valence-electron chi connectivity index (χ4n) is 2.12. The average molecular weight is 279 g/mol. The molecule has 5 nitrogen and oxygen atoms in total. The molecule has 1 amide bonds. The van der Waals surface area contributed by atoms with Crippen molar-refractivity contribution in [1.82, 2.24) is 5.32 Å². The summed E-state index contributed by atoms with van der Waals surface area (Å²) < 4.78 is 10.6. The lowest BCUT2D eigenvalue weighted by Gasteiger charge is -2.13. The fraction of sp³-hybridized carbons (Fsp3) is 0.533. The Bertz CT molecular complexity index is 480. The summed E-state index contributed by atoms with van der Waals surface area (Å²) in [6.45, 7) is 2.32. The first-order valence-electron chi connectivity index (χ1n) is 6.82. The number of hydrogen-bond acceptors (Lipinski definition) is 4. The number of aliphatic hydroxyl groups is 1. The van der Waals surface area contributed by atoms with Crippen molar-refractivity contribution in [3.8, 4) is 0 Å². The van der Waals surface area contributed by atoms with Gasteiger partial charge in [-0.3, -0.25) is 4.79 Å². The van der Waals surface area contributed by atoms with E-state index >= 15 is 0 Å². The van der Waals surface area contributed by atoms with Gasteiger partial charge in [-0.1, -0.05) is 6.92 Å². The van der Waals surface area contributed by atoms with Crippen LogP contribution < -0.4 is 5.32 Å². The second-order valence-corrected chi connectivity index (χ2v) is 5.24. The second kappa shape index (κ2) is 6.72. The number of furan rings is 1. The highest BCUT2D eigenvalue weighted by atomic mass is 16.5. The first-order chi connectivity index (χ1) is 9.63. The van der Waals surface area contributed by atoms with Crippen molar-refractivity contribution >= 4 is 12.0 Å². The van der Waals surface area contributed by atoms with E-state index in [0.29, 0.717) is 17.6 Å². The first kappa shape index (κ1) is 14.8. The lowest BCUT2D eigenvalue weighted by Crippen LogP contribution is -2.39. The summed E-state index contributed by atoms with van der Waals surface area (Å²) in [6.07, 6.45) is 4.21. The Morgan fingerprint density at radius 2 is 2.40 bits per heavy atom. The predicted molar refractivity (Wildman–Crippen MR) is 75.2 cm³/mol. The van der Waals surface area contributed by atoms with Crippen LogP contribution in [0.2, 0.25) is 0 Å². The maximum atomic E-state index is 11.7. The third-order valence-electron chi connectivity index (χ3n) is 3.46. The topological polar surface area (TPSA) is 71.7 Å². The highest BCUT2D eigenvalue weighted by Gasteiger charge is 2.36. The number of methoxy groups -OCH3 is 1. The Morgan fingerprint density at radius 3 is 3.00 bits per heavy atom. The van der Waals surface area contributed by atoms with Gasteiger partial charge in [0, 0.05) is 19.1 Å². The van der Waals surface area contributed by atoms with Crippen LogP contribution in [0.15, 0.2) is 22.6 Å². The maximum absolute atomic E-state index is 11.7. The summed E-state index contributed by atoms with van der Waals surface area (Å²) in [5.74, 6) is 2.61. The van der Waals surface area contributed by atoms with E-state index in [1.165, 1.54) is 19.6 Å². The number of aliphatic hydroxyl groups excluding tert-OH is 1. The van der Waals surface area contributed by atoms with Gasteiger partial charge in [-0.05, 0) is 30.5 Å². The Morgan fingerprint density at radius 1 is 1.65 bits per heavy atom. The molecule has 1 heterocycles. The minimum Gasteiger partial charge on any atom is -0.461 e. The van der Waals surface area contributed by atoms with Crippen molar-refractivity contribution < 1.29 is 19.1 Å². The smallest absolute Gasteiger partial charge is 0.244 e. The van der Waals surface area contributed by atoms with Gasteiger partial charge in [-0.15, -0.1) is 0 Å². The third-order valence-corrected chi connectivity index (χ3v) is 3.46. The molecule has 2 rings (SSSR count). The van der Waals surface area contributed by atoms with E-state index < -0.39 is 6.04 Å². The minimum absolute atomic E-state index is 0.155. The molecule has 3 atom stereocenters. The van der Waals surface area contributed by atoms with E-state index in [0.717, 1.165) is 5.76 Å². The van der Waals surface area contributed by atoms with Gasteiger partial charge in [0.25, 0.3) is 0 Å². The van der Waals surface area contributed by atoms with Gasteiger partial charge in [0.1, 0.15) is 11.5 Å². The summed E-state index contributed by atoms with van der Waals surface area (Å²) in [6, 6.07) is 3.44. The summed E-state index contributed by atoms with van der Waals surface area (Å²) in [4.78, 5) is 11.7. The molecule has 0 radical (unpaired) electrons. The molecule has 20 heavy (non-hydrogen) atoms. The van der Waals surface area contributed by atoms with Crippen molar-refractivity contribution in [2.75, 3.05) is 20.3 Å². The molecule has 1 aliphatic rings. The SMILES string of the molecule is COCC(CO)NC(=O)/C=C/c1ccc(C2CC2C)o1. The molecule has 0 bridgehead atoms. The van der Waals surface area contributed by atoms with Crippen LogP contribution in [0.5, 0.6) is 0 Å². The number of carbonyl (C=O) groups excluding carboxylic acids is 1. The molecule has 2 N–H and O–H groups in total. The molecule has 0 saturated heterocycles. The number of carbonyl (C=O) groups is 1. The number of nitrogens with one attached hydrogen (secondary N) is 1. The van der Waals surface area contributed by atoms with E-state index in [1.807, 2.05) is 12.1 Å². The molecule has 0 aliphatic heterocycles. The van der Waals surface area contributed by atoms with Crippen LogP contribution in [-0.2, 0) is 9.53 Å². The second-order valence-electron chi connectivity index (χ2n) is 5.24. The van der Waals surface area contributed by atoms with Crippen LogP contribution >= 0.6 is 0 Å². The largest absolute Gasteiger partial charge is 0.461 e. The maximum Gasteiger partial charge on any atom is 0.244 e. The quantitative estimate of drug-likeness (QED) is 0.743. The Kier molecular flexibility index (Phi) is 4.98. The minimum atomic E-state index is -0.392. The number of hydrogen-bond donors (Lipinski definition) is 2. The summed E-state index contributed by atoms with van der Waals surface area (Å²) in [5, 5.41) is 11.7. The lowest BCUT2D eigenvalue weighted by molar-refractivity contribution is -0.117. The molecule has 1 aromatic heterocycles. The molecule has 1 saturated carbocycles. The van der Waals surface area contributed by atoms with Gasteiger partial charge in [-0.25, -0.2) is 0 Å². The van der Waals surface area contributed by atoms with Gasteiger partial charge in [0.2, 0.25) is 5.91 Å². The standard InChI is InChI=1S/C15H21NO4/c1-10-7-13(10)14-5-3-12(20-14)4-6-15(18)16-11(8-17)9-19-2/h3-6,10-11,13,17H,7-9H2,1-2H3,(H,16,18)/b6-4+. The fourth-order valence-corrected chi connectivity index (χ4v) is 2.12. The Labute approximate surface area is 118 Å². The van der Waals surface area contributed by atoms with Crippen LogP contribution in [0, 0.1) is 5.92 Å². The normalized spacial score (nSPS) is 22.9. The Balaban J connectivity index is 1.85. The Hall–Kier alpha value is -1.59. The van der Waals surface area contributed by atoms with Crippen LogP contribution in [0.25, 0.3) is 6.08 Å². The molecule has 0 spiro atoms. The molecule has 5 heteroatoms.